The van der Waals surface area contributed by atoms with Crippen molar-refractivity contribution in [2.75, 3.05) is 18.4 Å². The Morgan fingerprint density at radius 3 is 2.35 bits per heavy atom. The van der Waals surface area contributed by atoms with Gasteiger partial charge in [-0.05, 0) is 58.3 Å². The van der Waals surface area contributed by atoms with E-state index in [4.69, 9.17) is 0 Å². The Labute approximate surface area is 139 Å². The molecule has 1 aromatic heterocycles. The highest BCUT2D eigenvalue weighted by Crippen LogP contribution is 2.26. The lowest BCUT2D eigenvalue weighted by atomic mass is 10.0. The van der Waals surface area contributed by atoms with Gasteiger partial charge in [0.1, 0.15) is 5.82 Å². The summed E-state index contributed by atoms with van der Waals surface area (Å²) in [5.41, 5.74) is 2.43. The Balaban J connectivity index is 1.76. The topological polar surface area (TPSA) is 41.1 Å². The predicted molar refractivity (Wildman–Crippen MR) is 95.4 cm³/mol. The number of hydrogen-bond acceptors (Lipinski definition) is 4. The number of aromatic nitrogens is 2. The first-order valence-corrected chi connectivity index (χ1v) is 8.57. The Morgan fingerprint density at radius 2 is 1.70 bits per heavy atom. The quantitative estimate of drug-likeness (QED) is 0.902. The zero-order valence-corrected chi connectivity index (χ0v) is 14.3. The van der Waals surface area contributed by atoms with E-state index in [1.165, 1.54) is 31.5 Å². The highest BCUT2D eigenvalue weighted by molar-refractivity contribution is 5.57. The third-order valence-corrected chi connectivity index (χ3v) is 4.43. The largest absolute Gasteiger partial charge is 0.368 e. The van der Waals surface area contributed by atoms with E-state index in [1.807, 2.05) is 12.3 Å². The molecule has 2 aromatic rings. The van der Waals surface area contributed by atoms with E-state index < -0.39 is 0 Å². The second-order valence-electron chi connectivity index (χ2n) is 6.61. The Hall–Kier alpha value is -1.94. The highest BCUT2D eigenvalue weighted by atomic mass is 15.2. The molecule has 1 N–H and O–H groups in total. The maximum Gasteiger partial charge on any atom is 0.161 e. The number of hydrogen-bond donors (Lipinski definition) is 1. The molecule has 1 atom stereocenters. The molecule has 1 aliphatic heterocycles. The van der Waals surface area contributed by atoms with Gasteiger partial charge in [-0.3, -0.25) is 4.90 Å². The maximum absolute atomic E-state index is 4.60. The van der Waals surface area contributed by atoms with Crippen LogP contribution >= 0.6 is 0 Å². The van der Waals surface area contributed by atoms with Crippen LogP contribution in [-0.4, -0.2) is 34.0 Å². The third-order valence-electron chi connectivity index (χ3n) is 4.43. The molecule has 2 heterocycles. The summed E-state index contributed by atoms with van der Waals surface area (Å²) < 4.78 is 0. The molecular weight excluding hydrogens is 284 g/mol. The summed E-state index contributed by atoms with van der Waals surface area (Å²) in [6.07, 6.45) is 4.46. The zero-order chi connectivity index (χ0) is 16.2. The summed E-state index contributed by atoms with van der Waals surface area (Å²) in [6.45, 7) is 8.94. The van der Waals surface area contributed by atoms with Gasteiger partial charge in [-0.2, -0.15) is 0 Å². The molecule has 0 bridgehead atoms. The van der Waals surface area contributed by atoms with Crippen LogP contribution in [-0.2, 0) is 0 Å². The molecule has 0 amide bonds. The van der Waals surface area contributed by atoms with Crippen LogP contribution in [0.15, 0.2) is 36.5 Å². The Morgan fingerprint density at radius 1 is 1.00 bits per heavy atom. The van der Waals surface area contributed by atoms with Crippen molar-refractivity contribution in [3.63, 3.8) is 0 Å². The summed E-state index contributed by atoms with van der Waals surface area (Å²) in [5.74, 6) is 1.65. The fraction of sp³-hybridized carbons (Fsp3) is 0.474. The SMILES string of the molecule is CC(C)Nc1ccnc(-c2ccc([C@@H](C)N3CCCC3)cc2)n1. The van der Waals surface area contributed by atoms with Gasteiger partial charge in [0.2, 0.25) is 0 Å². The van der Waals surface area contributed by atoms with Crippen molar-refractivity contribution in [3.8, 4) is 11.4 Å². The molecule has 1 saturated heterocycles. The molecule has 0 unspecified atom stereocenters. The maximum atomic E-state index is 4.60. The number of nitrogens with one attached hydrogen (secondary N) is 1. The molecule has 4 nitrogen and oxygen atoms in total. The molecular formula is C19H26N4. The molecule has 122 valence electrons. The first-order chi connectivity index (χ1) is 11.1. The first-order valence-electron chi connectivity index (χ1n) is 8.57. The van der Waals surface area contributed by atoms with Gasteiger partial charge in [-0.25, -0.2) is 9.97 Å². The van der Waals surface area contributed by atoms with Gasteiger partial charge in [0.05, 0.1) is 0 Å². The minimum atomic E-state index is 0.362. The van der Waals surface area contributed by atoms with E-state index in [0.717, 1.165) is 17.2 Å². The predicted octanol–water partition coefficient (Wildman–Crippen LogP) is 4.12. The van der Waals surface area contributed by atoms with E-state index in [0.29, 0.717) is 12.1 Å². The van der Waals surface area contributed by atoms with Gasteiger partial charge in [0.25, 0.3) is 0 Å². The van der Waals surface area contributed by atoms with E-state index in [1.54, 1.807) is 0 Å². The average Bonchev–Trinajstić information content (AvgIpc) is 3.08. The fourth-order valence-corrected chi connectivity index (χ4v) is 3.12. The Kier molecular flexibility index (Phi) is 4.91. The standard InChI is InChI=1S/C19H26N4/c1-14(2)21-18-10-11-20-19(22-18)17-8-6-16(7-9-17)15(3)23-12-4-5-13-23/h6-11,14-15H,4-5,12-13H2,1-3H3,(H,20,21,22)/t15-/m1/s1. The van der Waals surface area contributed by atoms with Crippen LogP contribution in [0.25, 0.3) is 11.4 Å². The molecule has 23 heavy (non-hydrogen) atoms. The molecule has 0 spiro atoms. The monoisotopic (exact) mass is 310 g/mol. The van der Waals surface area contributed by atoms with Crippen LogP contribution in [0.2, 0.25) is 0 Å². The molecule has 1 aromatic carbocycles. The van der Waals surface area contributed by atoms with Crippen LogP contribution < -0.4 is 5.32 Å². The zero-order valence-electron chi connectivity index (χ0n) is 14.3. The smallest absolute Gasteiger partial charge is 0.161 e. The minimum Gasteiger partial charge on any atom is -0.368 e. The lowest BCUT2D eigenvalue weighted by Crippen LogP contribution is -2.23. The van der Waals surface area contributed by atoms with Gasteiger partial charge < -0.3 is 5.32 Å². The summed E-state index contributed by atoms with van der Waals surface area (Å²) in [5, 5.41) is 3.32. The third kappa shape index (κ3) is 3.88. The lowest BCUT2D eigenvalue weighted by Gasteiger charge is -2.24. The minimum absolute atomic E-state index is 0.362. The highest BCUT2D eigenvalue weighted by Gasteiger charge is 2.19. The summed E-state index contributed by atoms with van der Waals surface area (Å²) in [6, 6.07) is 11.5. The second-order valence-corrected chi connectivity index (χ2v) is 6.61. The first kappa shape index (κ1) is 15.9. The number of nitrogens with zero attached hydrogens (tertiary/aromatic N) is 3. The molecule has 0 saturated carbocycles. The molecule has 0 aliphatic carbocycles. The summed E-state index contributed by atoms with van der Waals surface area (Å²) >= 11 is 0. The van der Waals surface area contributed by atoms with Crippen molar-refractivity contribution in [2.24, 2.45) is 0 Å². The van der Waals surface area contributed by atoms with Crippen molar-refractivity contribution < 1.29 is 0 Å². The van der Waals surface area contributed by atoms with Crippen LogP contribution in [0.4, 0.5) is 5.82 Å². The second kappa shape index (κ2) is 7.09. The average molecular weight is 310 g/mol. The van der Waals surface area contributed by atoms with Gasteiger partial charge >= 0.3 is 0 Å². The van der Waals surface area contributed by atoms with E-state index >= 15 is 0 Å². The molecule has 1 aliphatic rings. The normalized spacial score (nSPS) is 16.7. The van der Waals surface area contributed by atoms with Crippen LogP contribution in [0.1, 0.15) is 45.2 Å². The Bertz CT molecular complexity index is 630. The van der Waals surface area contributed by atoms with Gasteiger partial charge in [-0.1, -0.05) is 24.3 Å². The molecule has 3 rings (SSSR count). The summed E-state index contributed by atoms with van der Waals surface area (Å²) in [4.78, 5) is 11.6. The van der Waals surface area contributed by atoms with Gasteiger partial charge in [-0.15, -0.1) is 0 Å². The van der Waals surface area contributed by atoms with Gasteiger partial charge in [0.15, 0.2) is 5.82 Å². The van der Waals surface area contributed by atoms with Crippen molar-refractivity contribution in [3.05, 3.63) is 42.1 Å². The number of rotatable bonds is 5. The van der Waals surface area contributed by atoms with Crippen molar-refractivity contribution in [1.82, 2.24) is 14.9 Å². The number of likely N-dealkylation sites (tertiary alicyclic amines) is 1. The fourth-order valence-electron chi connectivity index (χ4n) is 3.12. The number of anilines is 1. The number of benzene rings is 1. The van der Waals surface area contributed by atoms with Crippen molar-refractivity contribution >= 4 is 5.82 Å². The molecule has 1 fully saturated rings. The molecule has 0 radical (unpaired) electrons. The van der Waals surface area contributed by atoms with E-state index in [-0.39, 0.29) is 0 Å². The lowest BCUT2D eigenvalue weighted by molar-refractivity contribution is 0.263. The van der Waals surface area contributed by atoms with Gasteiger partial charge in [0, 0.05) is 23.8 Å². The molecule has 4 heteroatoms. The van der Waals surface area contributed by atoms with E-state index in [2.05, 4.69) is 65.2 Å². The van der Waals surface area contributed by atoms with E-state index in [9.17, 15) is 0 Å². The van der Waals surface area contributed by atoms with Crippen LogP contribution in [0, 0.1) is 0 Å². The van der Waals surface area contributed by atoms with Crippen molar-refractivity contribution in [1.29, 1.82) is 0 Å². The summed E-state index contributed by atoms with van der Waals surface area (Å²) in [7, 11) is 0. The van der Waals surface area contributed by atoms with Crippen LogP contribution in [0.3, 0.4) is 0 Å². The van der Waals surface area contributed by atoms with Crippen LogP contribution in [0.5, 0.6) is 0 Å². The van der Waals surface area contributed by atoms with Crippen molar-refractivity contribution in [2.45, 2.75) is 45.7 Å².